The molecule has 9 amide bonds. The number of nitrogens with one attached hydrogen (secondary N) is 5. The van der Waals surface area contributed by atoms with Gasteiger partial charge in [-0.15, -0.1) is 0 Å². The van der Waals surface area contributed by atoms with E-state index >= 15 is 0 Å². The first-order valence-corrected chi connectivity index (χ1v) is 20.1. The Morgan fingerprint density at radius 3 is 1.65 bits per heavy atom. The van der Waals surface area contributed by atoms with E-state index in [4.69, 9.17) is 24.1 Å². The van der Waals surface area contributed by atoms with Crippen LogP contribution in [-0.4, -0.2) is 146 Å². The number of carboxylic acids is 1. The van der Waals surface area contributed by atoms with E-state index in [2.05, 4.69) is 26.6 Å². The monoisotopic (exact) mass is 878 g/mol. The molecule has 6 N–H and O–H groups in total. The molecule has 0 radical (unpaired) electrons. The fraction of sp³-hybridized carbons (Fsp3) is 0.524. The lowest BCUT2D eigenvalue weighted by atomic mass is 9.94. The topological polar surface area (TPSA) is 264 Å². The number of rotatable bonds is 6. The zero-order valence-electron chi connectivity index (χ0n) is 33.4. The zero-order valence-corrected chi connectivity index (χ0v) is 33.4. The molecule has 6 heterocycles. The Kier molecular flexibility index (Phi) is 13.3. The lowest BCUT2D eigenvalue weighted by molar-refractivity contribution is -0.144. The molecule has 2 spiro atoms. The van der Waals surface area contributed by atoms with Crippen LogP contribution in [0.5, 0.6) is 0 Å². The summed E-state index contributed by atoms with van der Waals surface area (Å²) in [6.07, 6.45) is 2.45. The first-order valence-electron chi connectivity index (χ1n) is 20.1. The maximum atomic E-state index is 13.2. The lowest BCUT2D eigenvalue weighted by Crippen LogP contribution is -2.48. The van der Waals surface area contributed by atoms with Crippen molar-refractivity contribution >= 4 is 59.3 Å². The summed E-state index contributed by atoms with van der Waals surface area (Å²) in [7, 11) is 3.01. The smallest absolute Gasteiger partial charge is 0.418 e. The second-order valence-corrected chi connectivity index (χ2v) is 15.9. The number of benzene rings is 2. The van der Waals surface area contributed by atoms with Gasteiger partial charge in [-0.25, -0.2) is 29.0 Å². The standard InChI is InChI=1S/C20H22N4O6.C15H15N3O6.C5H9NO.2CH4/c1-21-18(27)22-12-2-3-15-11(6-12)4-5-20(15)17(26)24(19(28)30-20)9-16(25)23-8-14-7-13(23)10-29-14;1-16-13(22)17-9-2-3-10-8(6-9)4-5-15(10)12(21)18(7-11(19)20)14(23)24-15;1-4-3-7-5(1)2-6-4;;/h2-3,6,13-14H,4-5,7-10H2,1H3,(H2,21,22,27);2-3,6H,4-5,7H2,1H3,(H,19,20)(H2,16,17,22);4-6H,1-3H2;2*1H4/t13?,14?,20-;15-;;;/m00.../s1. The summed E-state index contributed by atoms with van der Waals surface area (Å²) < 4.78 is 21.6. The van der Waals surface area contributed by atoms with Crippen molar-refractivity contribution in [3.63, 3.8) is 0 Å². The summed E-state index contributed by atoms with van der Waals surface area (Å²) >= 11 is 0. The molecular formula is C42H54N8O13. The molecule has 8 aliphatic rings. The number of amides is 9. The number of hydrogen-bond acceptors (Lipinski definition) is 13. The van der Waals surface area contributed by atoms with Gasteiger partial charge in [-0.3, -0.25) is 19.2 Å². The van der Waals surface area contributed by atoms with Crippen molar-refractivity contribution in [1.82, 2.24) is 30.7 Å². The SMILES string of the molecule is C.C.C1OC2CNC1C2.CNC(=O)Nc1ccc2c(c1)CC[C@]21OC(=O)N(CC(=O)N2CC3CC2CO3)C1=O.CNC(=O)Nc1ccc2c(c1)CC[C@]21OC(=O)N(CC(=O)O)C1=O. The Labute approximate surface area is 363 Å². The average Bonchev–Trinajstić information content (AvgIpc) is 4.14. The van der Waals surface area contributed by atoms with Gasteiger partial charge in [0, 0.05) is 68.6 Å². The normalized spacial score (nSPS) is 27.3. The van der Waals surface area contributed by atoms with E-state index in [1.165, 1.54) is 20.5 Å². The Balaban J connectivity index is 0.000000179. The fourth-order valence-electron chi connectivity index (χ4n) is 9.20. The van der Waals surface area contributed by atoms with Crippen molar-refractivity contribution in [1.29, 1.82) is 0 Å². The number of urea groups is 2. The molecule has 6 aliphatic heterocycles. The largest absolute Gasteiger partial charge is 0.480 e. The van der Waals surface area contributed by atoms with E-state index in [0.717, 1.165) is 35.6 Å². The minimum absolute atomic E-state index is 0. The molecule has 6 atom stereocenters. The molecular weight excluding hydrogens is 825 g/mol. The van der Waals surface area contributed by atoms with Crippen LogP contribution in [0.15, 0.2) is 36.4 Å². The number of ether oxygens (including phenoxy) is 4. The van der Waals surface area contributed by atoms with Crippen LogP contribution in [0.25, 0.3) is 0 Å². The van der Waals surface area contributed by atoms with Gasteiger partial charge in [-0.05, 0) is 61.1 Å². The average molecular weight is 879 g/mol. The summed E-state index contributed by atoms with van der Waals surface area (Å²) in [5.74, 6) is -2.73. The van der Waals surface area contributed by atoms with E-state index in [1.54, 1.807) is 41.3 Å². The molecule has 6 saturated heterocycles. The second kappa shape index (κ2) is 18.2. The van der Waals surface area contributed by atoms with E-state index in [9.17, 15) is 38.4 Å². The summed E-state index contributed by atoms with van der Waals surface area (Å²) in [5.41, 5.74) is 0.987. The Hall–Kier alpha value is -6.32. The van der Waals surface area contributed by atoms with Gasteiger partial charge >= 0.3 is 30.2 Å². The predicted molar refractivity (Wildman–Crippen MR) is 223 cm³/mol. The number of carbonyl (C=O) groups is 8. The van der Waals surface area contributed by atoms with Crippen molar-refractivity contribution in [3.8, 4) is 0 Å². The van der Waals surface area contributed by atoms with E-state index in [1.807, 2.05) is 0 Å². The minimum Gasteiger partial charge on any atom is -0.480 e. The van der Waals surface area contributed by atoms with Crippen LogP contribution in [0, 0.1) is 0 Å². The fourth-order valence-corrected chi connectivity index (χ4v) is 9.20. The third kappa shape index (κ3) is 8.59. The van der Waals surface area contributed by atoms with Gasteiger partial charge < -0.3 is 55.5 Å². The number of carbonyl (C=O) groups excluding carboxylic acids is 7. The van der Waals surface area contributed by atoms with Crippen molar-refractivity contribution < 1.29 is 62.4 Å². The number of aryl methyl sites for hydroxylation is 2. The molecule has 21 nitrogen and oxygen atoms in total. The van der Waals surface area contributed by atoms with E-state index in [-0.39, 0.29) is 57.9 Å². The maximum Gasteiger partial charge on any atom is 0.418 e. The molecule has 10 rings (SSSR count). The van der Waals surface area contributed by atoms with Gasteiger partial charge in [0.2, 0.25) is 17.1 Å². The van der Waals surface area contributed by atoms with Crippen molar-refractivity contribution in [3.05, 3.63) is 58.7 Å². The van der Waals surface area contributed by atoms with Crippen LogP contribution in [0.4, 0.5) is 30.6 Å². The molecule has 4 bridgehead atoms. The van der Waals surface area contributed by atoms with Gasteiger partial charge in [0.05, 0.1) is 31.5 Å². The highest BCUT2D eigenvalue weighted by molar-refractivity contribution is 6.07. The zero-order chi connectivity index (χ0) is 43.2. The number of morpholine rings is 2. The maximum absolute atomic E-state index is 13.2. The van der Waals surface area contributed by atoms with Crippen molar-refractivity contribution in [2.75, 3.05) is 64.1 Å². The summed E-state index contributed by atoms with van der Waals surface area (Å²) in [4.78, 5) is 99.9. The quantitative estimate of drug-likeness (QED) is 0.243. The van der Waals surface area contributed by atoms with Crippen LogP contribution in [0.1, 0.15) is 62.8 Å². The molecule has 6 fully saturated rings. The highest BCUT2D eigenvalue weighted by atomic mass is 16.6. The van der Waals surface area contributed by atoms with Gasteiger partial charge in [-0.1, -0.05) is 27.0 Å². The van der Waals surface area contributed by atoms with Crippen LogP contribution < -0.4 is 26.6 Å². The summed E-state index contributed by atoms with van der Waals surface area (Å²) in [5, 5.41) is 22.4. The molecule has 2 aromatic rings. The number of aliphatic carboxylic acids is 1. The Morgan fingerprint density at radius 1 is 0.746 bits per heavy atom. The number of likely N-dealkylation sites (tertiary alicyclic amines) is 1. The highest BCUT2D eigenvalue weighted by Crippen LogP contribution is 2.47. The van der Waals surface area contributed by atoms with Crippen LogP contribution >= 0.6 is 0 Å². The summed E-state index contributed by atoms with van der Waals surface area (Å²) in [6.45, 7) is 1.98. The van der Waals surface area contributed by atoms with Gasteiger partial charge in [0.15, 0.2) is 0 Å². The lowest BCUT2D eigenvalue weighted by Gasteiger charge is -2.28. The number of hydrogen-bond donors (Lipinski definition) is 6. The van der Waals surface area contributed by atoms with Crippen molar-refractivity contribution in [2.24, 2.45) is 0 Å². The molecule has 340 valence electrons. The van der Waals surface area contributed by atoms with Crippen LogP contribution in [0.2, 0.25) is 0 Å². The first kappa shape index (κ1) is 46.2. The van der Waals surface area contributed by atoms with Gasteiger partial charge in [-0.2, -0.15) is 0 Å². The van der Waals surface area contributed by atoms with Gasteiger partial charge in [0.1, 0.15) is 13.1 Å². The van der Waals surface area contributed by atoms with Crippen molar-refractivity contribution in [2.45, 2.75) is 88.9 Å². The van der Waals surface area contributed by atoms with E-state index < -0.39 is 47.7 Å². The minimum atomic E-state index is -1.46. The molecule has 2 aliphatic carbocycles. The molecule has 63 heavy (non-hydrogen) atoms. The molecule has 0 saturated carbocycles. The van der Waals surface area contributed by atoms with E-state index in [0.29, 0.717) is 72.0 Å². The molecule has 21 heteroatoms. The summed E-state index contributed by atoms with van der Waals surface area (Å²) in [6, 6.07) is 10.0. The van der Waals surface area contributed by atoms with Crippen LogP contribution in [-0.2, 0) is 62.2 Å². The predicted octanol–water partition coefficient (Wildman–Crippen LogP) is 2.22. The third-order valence-electron chi connectivity index (χ3n) is 12.2. The Morgan fingerprint density at radius 2 is 1.27 bits per heavy atom. The number of carboxylic acid groups (broad SMARTS) is 1. The number of imide groups is 2. The highest BCUT2D eigenvalue weighted by Gasteiger charge is 2.60. The second-order valence-electron chi connectivity index (χ2n) is 15.9. The third-order valence-corrected chi connectivity index (χ3v) is 12.2. The number of nitrogens with zero attached hydrogens (tertiary/aromatic N) is 3. The number of fused-ring (bicyclic) bond motifs is 8. The first-order chi connectivity index (χ1) is 29.2. The van der Waals surface area contributed by atoms with Gasteiger partial charge in [0.25, 0.3) is 11.8 Å². The molecule has 2 aromatic carbocycles. The number of anilines is 2. The Bertz CT molecular complexity index is 2190. The molecule has 0 aromatic heterocycles. The molecule has 4 unspecified atom stereocenters. The van der Waals surface area contributed by atoms with Crippen LogP contribution in [0.3, 0.4) is 0 Å².